The van der Waals surface area contributed by atoms with Crippen LogP contribution in [0.15, 0.2) is 35.4 Å². The summed E-state index contributed by atoms with van der Waals surface area (Å²) in [4.78, 5) is 25.6. The standard InChI is InChI=1S/C14H14N2O3S/c1-16(2)8-12(20-9-15)13(17)10-4-6-11(7-5-10)14(18)19-3/h4-8H,1-3H3/b12-8-. The maximum Gasteiger partial charge on any atom is 0.337 e. The lowest BCUT2D eigenvalue weighted by Gasteiger charge is -2.08. The zero-order chi connectivity index (χ0) is 15.1. The molecule has 0 aromatic heterocycles. The van der Waals surface area contributed by atoms with E-state index in [-0.39, 0.29) is 5.78 Å². The first-order chi connectivity index (χ1) is 9.49. The molecule has 0 N–H and O–H groups in total. The van der Waals surface area contributed by atoms with Gasteiger partial charge in [0.05, 0.1) is 17.6 Å². The molecule has 0 radical (unpaired) electrons. The number of thioether (sulfide) groups is 1. The third-order valence-corrected chi connectivity index (χ3v) is 2.93. The number of hydrogen-bond acceptors (Lipinski definition) is 6. The molecule has 0 atom stereocenters. The van der Waals surface area contributed by atoms with Gasteiger partial charge in [0.2, 0.25) is 5.78 Å². The molecule has 0 spiro atoms. The van der Waals surface area contributed by atoms with E-state index in [0.29, 0.717) is 16.0 Å². The van der Waals surface area contributed by atoms with Crippen LogP contribution in [0.5, 0.6) is 0 Å². The largest absolute Gasteiger partial charge is 0.465 e. The molecule has 20 heavy (non-hydrogen) atoms. The van der Waals surface area contributed by atoms with Crippen molar-refractivity contribution in [3.63, 3.8) is 0 Å². The van der Waals surface area contributed by atoms with Crippen LogP contribution in [-0.4, -0.2) is 37.9 Å². The normalized spacial score (nSPS) is 10.6. The Morgan fingerprint density at radius 3 is 2.25 bits per heavy atom. The van der Waals surface area contributed by atoms with Gasteiger partial charge in [-0.15, -0.1) is 0 Å². The highest BCUT2D eigenvalue weighted by molar-refractivity contribution is 8.08. The minimum atomic E-state index is -0.459. The molecule has 1 rings (SSSR count). The van der Waals surface area contributed by atoms with E-state index in [1.807, 2.05) is 5.40 Å². The maximum absolute atomic E-state index is 12.2. The van der Waals surface area contributed by atoms with Gasteiger partial charge in [0, 0.05) is 25.9 Å². The molecule has 6 heteroatoms. The van der Waals surface area contributed by atoms with Crippen molar-refractivity contribution in [2.24, 2.45) is 0 Å². The summed E-state index contributed by atoms with van der Waals surface area (Å²) in [5.74, 6) is -0.721. The lowest BCUT2D eigenvalue weighted by molar-refractivity contribution is 0.0600. The van der Waals surface area contributed by atoms with Gasteiger partial charge in [-0.25, -0.2) is 4.79 Å². The summed E-state index contributed by atoms with van der Waals surface area (Å²) >= 11 is 0.807. The van der Waals surface area contributed by atoms with Crippen LogP contribution < -0.4 is 0 Å². The fourth-order valence-electron chi connectivity index (χ4n) is 1.43. The van der Waals surface area contributed by atoms with Gasteiger partial charge in [0.15, 0.2) is 0 Å². The van der Waals surface area contributed by atoms with Crippen LogP contribution in [0.3, 0.4) is 0 Å². The Kier molecular flexibility index (Phi) is 5.81. The highest BCUT2D eigenvalue weighted by Gasteiger charge is 2.14. The lowest BCUT2D eigenvalue weighted by atomic mass is 10.1. The number of methoxy groups -OCH3 is 1. The van der Waals surface area contributed by atoms with Crippen LogP contribution in [0, 0.1) is 10.7 Å². The molecule has 0 heterocycles. The molecule has 0 aliphatic heterocycles. The average molecular weight is 290 g/mol. The summed E-state index contributed by atoms with van der Waals surface area (Å²) < 4.78 is 4.59. The summed E-state index contributed by atoms with van der Waals surface area (Å²) in [6.07, 6.45) is 1.59. The van der Waals surface area contributed by atoms with Gasteiger partial charge in [0.25, 0.3) is 0 Å². The van der Waals surface area contributed by atoms with Gasteiger partial charge in [-0.05, 0) is 23.9 Å². The van der Waals surface area contributed by atoms with Crippen molar-refractivity contribution in [3.8, 4) is 5.40 Å². The predicted molar refractivity (Wildman–Crippen MR) is 77.1 cm³/mol. The number of carbonyl (C=O) groups is 2. The molecule has 5 nitrogen and oxygen atoms in total. The van der Waals surface area contributed by atoms with Crippen LogP contribution in [0.2, 0.25) is 0 Å². The number of Topliss-reactive ketones (excluding diaryl/α,β-unsaturated/α-hetero) is 1. The third-order valence-electron chi connectivity index (χ3n) is 2.32. The number of esters is 1. The van der Waals surface area contributed by atoms with Gasteiger partial charge >= 0.3 is 5.97 Å². The fourth-order valence-corrected chi connectivity index (χ4v) is 2.01. The predicted octanol–water partition coefficient (Wildman–Crippen LogP) is 2.27. The molecule has 0 aliphatic carbocycles. The molecule has 0 aliphatic rings. The van der Waals surface area contributed by atoms with E-state index in [9.17, 15) is 9.59 Å². The first kappa shape index (κ1) is 15.8. The Bertz CT molecular complexity index is 571. The van der Waals surface area contributed by atoms with Crippen LogP contribution in [0.25, 0.3) is 0 Å². The van der Waals surface area contributed by atoms with Crippen LogP contribution >= 0.6 is 11.8 Å². The van der Waals surface area contributed by atoms with Crippen molar-refractivity contribution in [2.75, 3.05) is 21.2 Å². The second-order valence-corrected chi connectivity index (χ2v) is 4.87. The van der Waals surface area contributed by atoms with E-state index in [1.165, 1.54) is 31.4 Å². The lowest BCUT2D eigenvalue weighted by Crippen LogP contribution is -2.08. The minimum absolute atomic E-state index is 0.262. The number of ketones is 1. The van der Waals surface area contributed by atoms with E-state index < -0.39 is 5.97 Å². The number of allylic oxidation sites excluding steroid dienone is 1. The van der Waals surface area contributed by atoms with Crippen molar-refractivity contribution in [3.05, 3.63) is 46.5 Å². The Hall–Kier alpha value is -2.26. The Morgan fingerprint density at radius 1 is 1.25 bits per heavy atom. The summed E-state index contributed by atoms with van der Waals surface area (Å²) in [6, 6.07) is 6.11. The molecule has 0 amide bonds. The molecule has 0 unspecified atom stereocenters. The molecule has 0 fully saturated rings. The number of thiocyanates is 1. The Balaban J connectivity index is 3.02. The summed E-state index contributed by atoms with van der Waals surface area (Å²) in [7, 11) is 4.83. The van der Waals surface area contributed by atoms with E-state index in [2.05, 4.69) is 4.74 Å². The Morgan fingerprint density at radius 2 is 1.80 bits per heavy atom. The second-order valence-electron chi connectivity index (χ2n) is 4.05. The number of rotatable bonds is 5. The number of nitriles is 1. The van der Waals surface area contributed by atoms with Gasteiger partial charge in [-0.2, -0.15) is 5.26 Å². The van der Waals surface area contributed by atoms with E-state index in [0.717, 1.165) is 11.8 Å². The highest BCUT2D eigenvalue weighted by Crippen LogP contribution is 2.20. The van der Waals surface area contributed by atoms with Gasteiger partial charge < -0.3 is 9.64 Å². The van der Waals surface area contributed by atoms with Crippen LogP contribution in [0.1, 0.15) is 20.7 Å². The van der Waals surface area contributed by atoms with Crippen LogP contribution in [0.4, 0.5) is 0 Å². The minimum Gasteiger partial charge on any atom is -0.465 e. The fraction of sp³-hybridized carbons (Fsp3) is 0.214. The molecule has 0 saturated heterocycles. The van der Waals surface area contributed by atoms with Crippen molar-refractivity contribution in [2.45, 2.75) is 0 Å². The van der Waals surface area contributed by atoms with Crippen molar-refractivity contribution < 1.29 is 14.3 Å². The molecular formula is C14H14N2O3S. The maximum atomic E-state index is 12.2. The third kappa shape index (κ3) is 4.14. The monoisotopic (exact) mass is 290 g/mol. The van der Waals surface area contributed by atoms with Crippen molar-refractivity contribution in [1.29, 1.82) is 5.26 Å². The second kappa shape index (κ2) is 7.36. The van der Waals surface area contributed by atoms with E-state index in [4.69, 9.17) is 5.26 Å². The van der Waals surface area contributed by atoms with Crippen LogP contribution in [-0.2, 0) is 4.74 Å². The van der Waals surface area contributed by atoms with E-state index in [1.54, 1.807) is 25.2 Å². The Labute approximate surface area is 121 Å². The van der Waals surface area contributed by atoms with Gasteiger partial charge in [0.1, 0.15) is 5.40 Å². The zero-order valence-electron chi connectivity index (χ0n) is 11.4. The number of hydrogen-bond donors (Lipinski definition) is 0. The molecule has 1 aromatic carbocycles. The van der Waals surface area contributed by atoms with Gasteiger partial charge in [-0.3, -0.25) is 4.79 Å². The molecule has 0 saturated carbocycles. The summed E-state index contributed by atoms with van der Waals surface area (Å²) in [6.45, 7) is 0. The first-order valence-electron chi connectivity index (χ1n) is 5.67. The summed E-state index contributed by atoms with van der Waals surface area (Å²) in [5.41, 5.74) is 0.781. The quantitative estimate of drug-likeness (QED) is 0.358. The topological polar surface area (TPSA) is 70.4 Å². The number of nitrogens with zero attached hydrogens (tertiary/aromatic N) is 2. The molecule has 0 bridgehead atoms. The molecule has 104 valence electrons. The van der Waals surface area contributed by atoms with Crippen molar-refractivity contribution in [1.82, 2.24) is 4.90 Å². The number of ether oxygens (including phenoxy) is 1. The molecule has 1 aromatic rings. The van der Waals surface area contributed by atoms with Crippen molar-refractivity contribution >= 4 is 23.5 Å². The average Bonchev–Trinajstić information content (AvgIpc) is 2.45. The highest BCUT2D eigenvalue weighted by atomic mass is 32.2. The first-order valence-corrected chi connectivity index (χ1v) is 6.48. The number of benzene rings is 1. The smallest absolute Gasteiger partial charge is 0.337 e. The summed E-state index contributed by atoms with van der Waals surface area (Å²) in [5, 5.41) is 10.6. The van der Waals surface area contributed by atoms with E-state index >= 15 is 0 Å². The molecular weight excluding hydrogens is 276 g/mol. The zero-order valence-corrected chi connectivity index (χ0v) is 12.2. The van der Waals surface area contributed by atoms with Gasteiger partial charge in [-0.1, -0.05) is 12.1 Å². The number of carbonyl (C=O) groups excluding carboxylic acids is 2. The SMILES string of the molecule is COC(=O)c1ccc(C(=O)/C(=C/N(C)C)SC#N)cc1.